The van der Waals surface area contributed by atoms with E-state index in [-0.39, 0.29) is 5.92 Å². The maximum Gasteiger partial charge on any atom is 0.422 e. The normalized spacial score (nSPS) is 30.7. The van der Waals surface area contributed by atoms with Crippen molar-refractivity contribution in [1.29, 1.82) is 0 Å². The van der Waals surface area contributed by atoms with E-state index in [4.69, 9.17) is 14.2 Å². The van der Waals surface area contributed by atoms with Gasteiger partial charge in [0.05, 0.1) is 11.7 Å². The molecule has 4 heterocycles. The number of thioether (sulfide) groups is 1. The van der Waals surface area contributed by atoms with Gasteiger partial charge in [0.25, 0.3) is 5.88 Å². The van der Waals surface area contributed by atoms with Gasteiger partial charge < -0.3 is 14.2 Å². The molecule has 3 fully saturated rings. The summed E-state index contributed by atoms with van der Waals surface area (Å²) in [7, 11) is 0. The Bertz CT molecular complexity index is 635. The fourth-order valence-electron chi connectivity index (χ4n) is 3.23. The van der Waals surface area contributed by atoms with Gasteiger partial charge in [0.1, 0.15) is 0 Å². The van der Waals surface area contributed by atoms with Gasteiger partial charge in [-0.2, -0.15) is 4.37 Å². The zero-order chi connectivity index (χ0) is 16.0. The van der Waals surface area contributed by atoms with E-state index in [1.165, 1.54) is 0 Å². The highest BCUT2D eigenvalue weighted by Gasteiger charge is 2.69. The average Bonchev–Trinajstić information content (AvgIpc) is 3.27. The van der Waals surface area contributed by atoms with Crippen molar-refractivity contribution in [3.05, 3.63) is 0 Å². The van der Waals surface area contributed by atoms with Crippen LogP contribution < -0.4 is 4.74 Å². The van der Waals surface area contributed by atoms with Crippen LogP contribution in [0.2, 0.25) is 0 Å². The lowest BCUT2D eigenvalue weighted by Crippen LogP contribution is -2.57. The molecule has 3 atom stereocenters. The average molecular weight is 357 g/mol. The number of rotatable bonds is 5. The van der Waals surface area contributed by atoms with Crippen LogP contribution in [-0.2, 0) is 19.1 Å². The number of esters is 2. The second-order valence-corrected chi connectivity index (χ2v) is 7.28. The van der Waals surface area contributed by atoms with E-state index in [0.717, 1.165) is 35.3 Å². The zero-order valence-electron chi connectivity index (χ0n) is 12.4. The second-order valence-electron chi connectivity index (χ2n) is 5.67. The van der Waals surface area contributed by atoms with Crippen molar-refractivity contribution >= 4 is 35.4 Å². The predicted octanol–water partition coefficient (Wildman–Crippen LogP) is 0.877. The molecule has 0 aromatic carbocycles. The number of nitrogens with zero attached hydrogens (tertiary/aromatic N) is 3. The summed E-state index contributed by atoms with van der Waals surface area (Å²) in [5, 5.41) is 0.723. The highest BCUT2D eigenvalue weighted by Crippen LogP contribution is 2.47. The molecule has 1 spiro atoms. The minimum absolute atomic E-state index is 0.124. The van der Waals surface area contributed by atoms with Crippen molar-refractivity contribution in [2.45, 2.75) is 36.8 Å². The smallest absolute Gasteiger partial charge is 0.422 e. The third-order valence-electron chi connectivity index (χ3n) is 4.21. The van der Waals surface area contributed by atoms with Gasteiger partial charge in [-0.15, -0.1) is 4.37 Å². The van der Waals surface area contributed by atoms with E-state index in [9.17, 15) is 9.59 Å². The van der Waals surface area contributed by atoms with Gasteiger partial charge in [0, 0.05) is 19.0 Å². The van der Waals surface area contributed by atoms with Gasteiger partial charge in [-0.3, -0.25) is 0 Å². The number of carbonyl (C=O) groups is 2. The molecule has 23 heavy (non-hydrogen) atoms. The fourth-order valence-corrected chi connectivity index (χ4v) is 4.61. The standard InChI is InChI=1S/C13H15N3O5S2/c1-2-5-22-10-9(14-23-15-10)19-8-7-3-4-16(6-7)13(8)20-11(17)12(18)21-13/h7-8H,2-6H2,1H3. The number of fused-ring (bicyclic) bond motifs is 3. The topological polar surface area (TPSA) is 90.9 Å². The summed E-state index contributed by atoms with van der Waals surface area (Å²) in [6.07, 6.45) is 1.34. The summed E-state index contributed by atoms with van der Waals surface area (Å²) < 4.78 is 25.0. The Kier molecular flexibility index (Phi) is 3.69. The van der Waals surface area contributed by atoms with Gasteiger partial charge >= 0.3 is 17.8 Å². The van der Waals surface area contributed by atoms with E-state index < -0.39 is 24.0 Å². The number of piperidine rings is 1. The molecule has 1 aromatic heterocycles. The van der Waals surface area contributed by atoms with Crippen LogP contribution in [0.25, 0.3) is 0 Å². The molecule has 2 bridgehead atoms. The van der Waals surface area contributed by atoms with Gasteiger partial charge in [-0.25, -0.2) is 14.5 Å². The Morgan fingerprint density at radius 3 is 2.91 bits per heavy atom. The molecule has 8 nitrogen and oxygen atoms in total. The van der Waals surface area contributed by atoms with Crippen LogP contribution in [0.3, 0.4) is 0 Å². The highest BCUT2D eigenvalue weighted by atomic mass is 32.2. The summed E-state index contributed by atoms with van der Waals surface area (Å²) in [5.41, 5.74) is 0. The Morgan fingerprint density at radius 2 is 2.17 bits per heavy atom. The first-order valence-corrected chi connectivity index (χ1v) is 9.19. The number of hydrogen-bond donors (Lipinski definition) is 0. The summed E-state index contributed by atoms with van der Waals surface area (Å²) >= 11 is 2.65. The lowest BCUT2D eigenvalue weighted by molar-refractivity contribution is -0.273. The maximum absolute atomic E-state index is 11.6. The minimum atomic E-state index is -1.44. The Morgan fingerprint density at radius 1 is 1.39 bits per heavy atom. The van der Waals surface area contributed by atoms with E-state index >= 15 is 0 Å². The van der Waals surface area contributed by atoms with Crippen molar-refractivity contribution in [1.82, 2.24) is 13.6 Å². The minimum Gasteiger partial charge on any atom is -0.461 e. The van der Waals surface area contributed by atoms with E-state index in [2.05, 4.69) is 15.7 Å². The monoisotopic (exact) mass is 357 g/mol. The number of hydrogen-bond acceptors (Lipinski definition) is 10. The molecule has 0 radical (unpaired) electrons. The highest BCUT2D eigenvalue weighted by molar-refractivity contribution is 7.99. The molecule has 10 heteroatoms. The van der Waals surface area contributed by atoms with Crippen molar-refractivity contribution in [3.63, 3.8) is 0 Å². The van der Waals surface area contributed by atoms with Gasteiger partial charge in [-0.05, 0) is 18.6 Å². The molecule has 0 N–H and O–H groups in total. The Hall–Kier alpha value is -1.39. The van der Waals surface area contributed by atoms with E-state index in [0.29, 0.717) is 19.0 Å². The third kappa shape index (κ3) is 2.31. The van der Waals surface area contributed by atoms with Gasteiger partial charge in [-0.1, -0.05) is 18.7 Å². The maximum atomic E-state index is 11.6. The van der Waals surface area contributed by atoms with Crippen LogP contribution in [0.1, 0.15) is 19.8 Å². The first kappa shape index (κ1) is 15.2. The quantitative estimate of drug-likeness (QED) is 0.432. The van der Waals surface area contributed by atoms with Crippen LogP contribution in [0.4, 0.5) is 0 Å². The molecule has 1 aromatic rings. The van der Waals surface area contributed by atoms with Crippen LogP contribution in [0, 0.1) is 5.92 Å². The molecule has 0 saturated carbocycles. The first-order valence-electron chi connectivity index (χ1n) is 7.47. The van der Waals surface area contributed by atoms with E-state index in [1.54, 1.807) is 11.8 Å². The summed E-state index contributed by atoms with van der Waals surface area (Å²) in [4.78, 5) is 25.0. The van der Waals surface area contributed by atoms with Crippen molar-refractivity contribution in [2.75, 3.05) is 18.8 Å². The van der Waals surface area contributed by atoms with Crippen LogP contribution in [0.15, 0.2) is 5.03 Å². The van der Waals surface area contributed by atoms with Gasteiger partial charge in [0.2, 0.25) is 0 Å². The van der Waals surface area contributed by atoms with Crippen molar-refractivity contribution in [2.24, 2.45) is 5.92 Å². The van der Waals surface area contributed by atoms with Crippen LogP contribution in [0.5, 0.6) is 5.88 Å². The molecule has 3 aliphatic rings. The molecule has 124 valence electrons. The van der Waals surface area contributed by atoms with Crippen LogP contribution in [-0.4, -0.2) is 56.4 Å². The largest absolute Gasteiger partial charge is 0.461 e. The Balaban J connectivity index is 1.59. The van der Waals surface area contributed by atoms with Gasteiger partial charge in [0.15, 0.2) is 11.1 Å². The summed E-state index contributed by atoms with van der Waals surface area (Å²) in [5.74, 6) is -1.92. The molecule has 4 rings (SSSR count). The van der Waals surface area contributed by atoms with Crippen LogP contribution >= 0.6 is 23.5 Å². The first-order chi connectivity index (χ1) is 11.1. The zero-order valence-corrected chi connectivity index (χ0v) is 14.0. The molecule has 0 aliphatic carbocycles. The summed E-state index contributed by atoms with van der Waals surface area (Å²) in [6, 6.07) is 0. The number of aromatic nitrogens is 2. The molecule has 3 saturated heterocycles. The number of carbonyl (C=O) groups excluding carboxylic acids is 2. The Labute approximate surface area is 140 Å². The molecular weight excluding hydrogens is 342 g/mol. The van der Waals surface area contributed by atoms with E-state index in [1.807, 2.05) is 4.90 Å². The second kappa shape index (κ2) is 5.60. The third-order valence-corrected chi connectivity index (χ3v) is 5.99. The van der Waals surface area contributed by atoms with Crippen molar-refractivity contribution < 1.29 is 23.8 Å². The molecule has 3 aliphatic heterocycles. The molecular formula is C13H15N3O5S2. The lowest BCUT2D eigenvalue weighted by Gasteiger charge is -2.36. The fraction of sp³-hybridized carbons (Fsp3) is 0.692. The lowest BCUT2D eigenvalue weighted by atomic mass is 9.99. The van der Waals surface area contributed by atoms with Crippen molar-refractivity contribution in [3.8, 4) is 5.88 Å². The predicted molar refractivity (Wildman–Crippen MR) is 79.9 cm³/mol. The molecule has 3 unspecified atom stereocenters. The summed E-state index contributed by atoms with van der Waals surface area (Å²) in [6.45, 7) is 3.46. The number of ether oxygens (including phenoxy) is 3. The SMILES string of the molecule is CCCSc1nsnc1OC1C2CCN(C2)C12OC(=O)C(=O)O2. The molecule has 0 amide bonds.